The molecule has 4 aliphatic carbocycles. The SMILES string of the molecule is Cc1ccc(S(=O)(=O)OC[C@@H](C)[C@H]2CC[C@H]3[C@@H]4CC=C5C[C@H](O)C=C[C@]5(C)[C@H]4CC[C@]23C)cc1. The minimum atomic E-state index is -3.73. The molecule has 5 heteroatoms. The molecule has 0 aromatic heterocycles. The molecule has 0 spiro atoms. The number of aryl methyl sites for hydroxylation is 1. The van der Waals surface area contributed by atoms with E-state index >= 15 is 0 Å². The van der Waals surface area contributed by atoms with Crippen molar-refractivity contribution in [2.45, 2.75) is 77.2 Å². The van der Waals surface area contributed by atoms with Crippen LogP contribution in [0.25, 0.3) is 0 Å². The zero-order valence-corrected chi connectivity index (χ0v) is 21.9. The first-order valence-corrected chi connectivity index (χ1v) is 14.5. The van der Waals surface area contributed by atoms with Gasteiger partial charge in [0.25, 0.3) is 10.1 Å². The second-order valence-corrected chi connectivity index (χ2v) is 13.6. The molecule has 2 saturated carbocycles. The summed E-state index contributed by atoms with van der Waals surface area (Å²) in [5.74, 6) is 2.65. The van der Waals surface area contributed by atoms with E-state index in [2.05, 4.69) is 32.9 Å². The maximum atomic E-state index is 12.8. The lowest BCUT2D eigenvalue weighted by Gasteiger charge is -2.57. The van der Waals surface area contributed by atoms with Gasteiger partial charge in [-0.05, 0) is 92.6 Å². The van der Waals surface area contributed by atoms with Crippen molar-refractivity contribution in [3.63, 3.8) is 0 Å². The second kappa shape index (κ2) is 8.60. The summed E-state index contributed by atoms with van der Waals surface area (Å²) in [6.45, 7) is 9.24. The molecule has 186 valence electrons. The van der Waals surface area contributed by atoms with E-state index in [1.807, 2.05) is 25.1 Å². The molecule has 4 nitrogen and oxygen atoms in total. The number of aliphatic hydroxyl groups is 1. The Kier molecular flexibility index (Phi) is 6.14. The molecule has 0 saturated heterocycles. The van der Waals surface area contributed by atoms with Crippen molar-refractivity contribution in [1.82, 2.24) is 0 Å². The molecule has 8 atom stereocenters. The van der Waals surface area contributed by atoms with Gasteiger partial charge in [-0.1, -0.05) is 62.3 Å². The Labute approximate surface area is 205 Å². The monoisotopic (exact) mass is 484 g/mol. The lowest BCUT2D eigenvalue weighted by Crippen LogP contribution is -2.50. The Bertz CT molecular complexity index is 1090. The Morgan fingerprint density at radius 2 is 1.85 bits per heavy atom. The van der Waals surface area contributed by atoms with Crippen molar-refractivity contribution in [3.05, 3.63) is 53.6 Å². The van der Waals surface area contributed by atoms with Crippen LogP contribution in [0.1, 0.15) is 64.9 Å². The topological polar surface area (TPSA) is 63.6 Å². The number of allylic oxidation sites excluding steroid dienone is 2. The van der Waals surface area contributed by atoms with Crippen molar-refractivity contribution in [3.8, 4) is 0 Å². The van der Waals surface area contributed by atoms with E-state index in [9.17, 15) is 13.5 Å². The second-order valence-electron chi connectivity index (χ2n) is 12.0. The lowest BCUT2D eigenvalue weighted by molar-refractivity contribution is -0.0383. The first-order chi connectivity index (χ1) is 16.0. The van der Waals surface area contributed by atoms with Gasteiger partial charge in [0.2, 0.25) is 0 Å². The highest BCUT2D eigenvalue weighted by molar-refractivity contribution is 7.86. The van der Waals surface area contributed by atoms with Crippen LogP contribution in [0, 0.1) is 47.3 Å². The van der Waals surface area contributed by atoms with E-state index in [-0.39, 0.29) is 34.4 Å². The van der Waals surface area contributed by atoms with E-state index in [0.717, 1.165) is 24.8 Å². The Morgan fingerprint density at radius 3 is 2.59 bits per heavy atom. The molecule has 1 aromatic carbocycles. The fourth-order valence-electron chi connectivity index (χ4n) is 8.30. The van der Waals surface area contributed by atoms with Crippen molar-refractivity contribution in [2.24, 2.45) is 40.4 Å². The molecule has 2 fully saturated rings. The van der Waals surface area contributed by atoms with Crippen LogP contribution >= 0.6 is 0 Å². The predicted molar refractivity (Wildman–Crippen MR) is 135 cm³/mol. The quantitative estimate of drug-likeness (QED) is 0.408. The van der Waals surface area contributed by atoms with Gasteiger partial charge in [0.1, 0.15) is 0 Å². The molecule has 5 rings (SSSR count). The highest BCUT2D eigenvalue weighted by Crippen LogP contribution is 2.66. The van der Waals surface area contributed by atoms with Crippen LogP contribution in [0.5, 0.6) is 0 Å². The van der Waals surface area contributed by atoms with Crippen molar-refractivity contribution >= 4 is 10.1 Å². The maximum absolute atomic E-state index is 12.8. The fourth-order valence-corrected chi connectivity index (χ4v) is 9.30. The Hall–Kier alpha value is -1.43. The highest BCUT2D eigenvalue weighted by atomic mass is 32.2. The first kappa shape index (κ1) is 24.3. The third-order valence-electron chi connectivity index (χ3n) is 10.2. The Balaban J connectivity index is 1.30. The summed E-state index contributed by atoms with van der Waals surface area (Å²) in [7, 11) is -3.73. The van der Waals surface area contributed by atoms with Crippen LogP contribution < -0.4 is 0 Å². The molecule has 0 bridgehead atoms. The summed E-state index contributed by atoms with van der Waals surface area (Å²) in [5, 5.41) is 10.2. The minimum Gasteiger partial charge on any atom is -0.389 e. The number of hydrogen-bond acceptors (Lipinski definition) is 4. The summed E-state index contributed by atoms with van der Waals surface area (Å²) in [6.07, 6.45) is 13.1. The van der Waals surface area contributed by atoms with Crippen molar-refractivity contribution < 1.29 is 17.7 Å². The van der Waals surface area contributed by atoms with Gasteiger partial charge in [-0.15, -0.1) is 0 Å². The molecule has 0 amide bonds. The predicted octanol–water partition coefficient (Wildman–Crippen LogP) is 6.05. The molecule has 0 radical (unpaired) electrons. The normalized spacial score (nSPS) is 40.1. The molecule has 1 aromatic rings. The average Bonchev–Trinajstić information content (AvgIpc) is 3.15. The van der Waals surface area contributed by atoms with Gasteiger partial charge in [0, 0.05) is 5.41 Å². The van der Waals surface area contributed by atoms with Crippen LogP contribution in [0.3, 0.4) is 0 Å². The third kappa shape index (κ3) is 3.92. The zero-order valence-electron chi connectivity index (χ0n) is 21.0. The summed E-state index contributed by atoms with van der Waals surface area (Å²) < 4.78 is 31.1. The van der Waals surface area contributed by atoms with Crippen LogP contribution in [0.15, 0.2) is 53.0 Å². The van der Waals surface area contributed by atoms with Crippen LogP contribution in [-0.4, -0.2) is 26.2 Å². The molecule has 34 heavy (non-hydrogen) atoms. The van der Waals surface area contributed by atoms with E-state index in [1.165, 1.54) is 24.8 Å². The number of benzene rings is 1. The molecule has 4 aliphatic rings. The number of fused-ring (bicyclic) bond motifs is 5. The molecular weight excluding hydrogens is 444 g/mol. The van der Waals surface area contributed by atoms with E-state index in [0.29, 0.717) is 23.7 Å². The number of rotatable bonds is 5. The Morgan fingerprint density at radius 1 is 1.12 bits per heavy atom. The lowest BCUT2D eigenvalue weighted by atomic mass is 9.48. The molecular formula is C29H40O4S. The molecule has 0 aliphatic heterocycles. The largest absolute Gasteiger partial charge is 0.389 e. The fraction of sp³-hybridized carbons (Fsp3) is 0.655. The van der Waals surface area contributed by atoms with E-state index in [1.54, 1.807) is 12.1 Å². The highest BCUT2D eigenvalue weighted by Gasteiger charge is 2.58. The molecule has 0 heterocycles. The van der Waals surface area contributed by atoms with Gasteiger partial charge in [0.15, 0.2) is 0 Å². The molecule has 0 unspecified atom stereocenters. The van der Waals surface area contributed by atoms with Crippen molar-refractivity contribution in [1.29, 1.82) is 0 Å². The summed E-state index contributed by atoms with van der Waals surface area (Å²) in [4.78, 5) is 0.241. The summed E-state index contributed by atoms with van der Waals surface area (Å²) >= 11 is 0. The average molecular weight is 485 g/mol. The standard InChI is InChI=1S/C29H40O4S/c1-19-5-8-23(9-6-19)34(31,32)33-18-20(2)25-11-12-26-24-10-7-21-17-22(30)13-15-28(21,3)27(24)14-16-29(25,26)4/h5-9,13,15,20,22,24-27,30H,10-12,14,16-18H2,1-4H3/t20-,22-,24+,25-,26+,27+,28+,29-/m1/s1. The molecule has 1 N–H and O–H groups in total. The van der Waals surface area contributed by atoms with Gasteiger partial charge >= 0.3 is 0 Å². The third-order valence-corrected chi connectivity index (χ3v) is 11.5. The van der Waals surface area contributed by atoms with Gasteiger partial charge in [-0.25, -0.2) is 0 Å². The van der Waals surface area contributed by atoms with Gasteiger partial charge in [0.05, 0.1) is 17.6 Å². The number of aliphatic hydroxyl groups excluding tert-OH is 1. The zero-order chi connectivity index (χ0) is 24.3. The van der Waals surface area contributed by atoms with Crippen molar-refractivity contribution in [2.75, 3.05) is 6.61 Å². The maximum Gasteiger partial charge on any atom is 0.296 e. The van der Waals surface area contributed by atoms with E-state index < -0.39 is 10.1 Å². The van der Waals surface area contributed by atoms with E-state index in [4.69, 9.17) is 4.18 Å². The van der Waals surface area contributed by atoms with Crippen LogP contribution in [0.2, 0.25) is 0 Å². The smallest absolute Gasteiger partial charge is 0.296 e. The van der Waals surface area contributed by atoms with Crippen LogP contribution in [-0.2, 0) is 14.3 Å². The first-order valence-electron chi connectivity index (χ1n) is 13.1. The van der Waals surface area contributed by atoms with Crippen LogP contribution in [0.4, 0.5) is 0 Å². The summed E-state index contributed by atoms with van der Waals surface area (Å²) in [5.41, 5.74) is 2.78. The van der Waals surface area contributed by atoms with Gasteiger partial charge < -0.3 is 5.11 Å². The van der Waals surface area contributed by atoms with Gasteiger partial charge in [-0.2, -0.15) is 8.42 Å². The van der Waals surface area contributed by atoms with Gasteiger partial charge in [-0.3, -0.25) is 4.18 Å². The minimum absolute atomic E-state index is 0.0818. The number of hydrogen-bond donors (Lipinski definition) is 1. The summed E-state index contributed by atoms with van der Waals surface area (Å²) in [6, 6.07) is 6.89.